The monoisotopic (exact) mass is 227 g/mol. The third-order valence-corrected chi connectivity index (χ3v) is 3.25. The summed E-state index contributed by atoms with van der Waals surface area (Å²) in [5, 5.41) is 11.6. The van der Waals surface area contributed by atoms with Crippen LogP contribution in [0.3, 0.4) is 0 Å². The van der Waals surface area contributed by atoms with Crippen molar-refractivity contribution in [2.24, 2.45) is 11.8 Å². The summed E-state index contributed by atoms with van der Waals surface area (Å²) in [6.45, 7) is 1.19. The van der Waals surface area contributed by atoms with Crippen molar-refractivity contribution in [1.29, 1.82) is 0 Å². The molecule has 1 saturated carbocycles. The summed E-state index contributed by atoms with van der Waals surface area (Å²) in [6, 6.07) is -0.685. The van der Waals surface area contributed by atoms with Crippen LogP contribution in [-0.2, 0) is 14.3 Å². The molecule has 1 atom stereocenters. The zero-order valence-electron chi connectivity index (χ0n) is 9.15. The van der Waals surface area contributed by atoms with E-state index in [1.807, 2.05) is 0 Å². The lowest BCUT2D eigenvalue weighted by Gasteiger charge is -2.23. The Hall–Kier alpha value is -1.10. The van der Waals surface area contributed by atoms with Crippen LogP contribution in [-0.4, -0.2) is 36.2 Å². The van der Waals surface area contributed by atoms with Gasteiger partial charge in [-0.15, -0.1) is 0 Å². The fraction of sp³-hybridized carbons (Fsp3) is 0.818. The van der Waals surface area contributed by atoms with Gasteiger partial charge in [0, 0.05) is 19.1 Å². The Morgan fingerprint density at radius 3 is 2.31 bits per heavy atom. The lowest BCUT2D eigenvalue weighted by atomic mass is 9.98. The maximum Gasteiger partial charge on any atom is 0.326 e. The minimum atomic E-state index is -0.914. The molecule has 0 bridgehead atoms. The molecule has 1 amide bonds. The number of carboxylic acids is 1. The molecule has 16 heavy (non-hydrogen) atoms. The summed E-state index contributed by atoms with van der Waals surface area (Å²) >= 11 is 0. The number of carbonyl (C=O) groups is 2. The molecule has 2 rings (SSSR count). The summed E-state index contributed by atoms with van der Waals surface area (Å²) in [7, 11) is 0. The minimum Gasteiger partial charge on any atom is -0.480 e. The summed E-state index contributed by atoms with van der Waals surface area (Å²) in [6.07, 6.45) is 3.21. The molecule has 5 nitrogen and oxygen atoms in total. The van der Waals surface area contributed by atoms with Gasteiger partial charge < -0.3 is 15.2 Å². The predicted molar refractivity (Wildman–Crippen MR) is 55.8 cm³/mol. The van der Waals surface area contributed by atoms with Crippen LogP contribution in [0.4, 0.5) is 0 Å². The summed E-state index contributed by atoms with van der Waals surface area (Å²) in [5.74, 6) is -0.971. The Bertz CT molecular complexity index is 282. The zero-order valence-corrected chi connectivity index (χ0v) is 9.15. The van der Waals surface area contributed by atoms with Crippen molar-refractivity contribution < 1.29 is 19.4 Å². The Morgan fingerprint density at radius 1 is 1.19 bits per heavy atom. The maximum absolute atomic E-state index is 11.8. The first-order chi connectivity index (χ1) is 7.68. The van der Waals surface area contributed by atoms with E-state index in [4.69, 9.17) is 9.84 Å². The summed E-state index contributed by atoms with van der Waals surface area (Å²) < 4.78 is 5.17. The van der Waals surface area contributed by atoms with Gasteiger partial charge in [0.2, 0.25) is 5.91 Å². The molecule has 1 unspecified atom stereocenters. The van der Waals surface area contributed by atoms with Gasteiger partial charge in [-0.1, -0.05) is 0 Å². The van der Waals surface area contributed by atoms with E-state index in [1.54, 1.807) is 0 Å². The van der Waals surface area contributed by atoms with Crippen molar-refractivity contribution in [1.82, 2.24) is 5.32 Å². The fourth-order valence-electron chi connectivity index (χ4n) is 2.04. The summed E-state index contributed by atoms with van der Waals surface area (Å²) in [5.41, 5.74) is 0. The highest BCUT2D eigenvalue weighted by Gasteiger charge is 2.38. The van der Waals surface area contributed by atoms with Crippen molar-refractivity contribution in [3.63, 3.8) is 0 Å². The van der Waals surface area contributed by atoms with E-state index in [-0.39, 0.29) is 17.7 Å². The molecular weight excluding hydrogens is 210 g/mol. The average molecular weight is 227 g/mol. The smallest absolute Gasteiger partial charge is 0.326 e. The van der Waals surface area contributed by atoms with Gasteiger partial charge in [-0.2, -0.15) is 0 Å². The molecule has 2 aliphatic rings. The molecule has 90 valence electrons. The minimum absolute atomic E-state index is 0.0747. The van der Waals surface area contributed by atoms with Crippen molar-refractivity contribution in [3.8, 4) is 0 Å². The number of hydrogen-bond donors (Lipinski definition) is 2. The van der Waals surface area contributed by atoms with Crippen molar-refractivity contribution in [2.75, 3.05) is 13.2 Å². The lowest BCUT2D eigenvalue weighted by Crippen LogP contribution is -2.46. The number of ether oxygens (including phenoxy) is 1. The Morgan fingerprint density at radius 2 is 1.81 bits per heavy atom. The van der Waals surface area contributed by atoms with Crippen LogP contribution >= 0.6 is 0 Å². The normalized spacial score (nSPS) is 23.8. The number of rotatable bonds is 4. The van der Waals surface area contributed by atoms with E-state index in [0.29, 0.717) is 26.1 Å². The molecule has 0 spiro atoms. The topological polar surface area (TPSA) is 75.6 Å². The molecular formula is C11H17NO4. The number of amides is 1. The average Bonchev–Trinajstić information content (AvgIpc) is 3.10. The van der Waals surface area contributed by atoms with Crippen molar-refractivity contribution in [3.05, 3.63) is 0 Å². The van der Waals surface area contributed by atoms with E-state index in [0.717, 1.165) is 12.8 Å². The first-order valence-electron chi connectivity index (χ1n) is 5.79. The van der Waals surface area contributed by atoms with Crippen LogP contribution in [0.25, 0.3) is 0 Å². The third-order valence-electron chi connectivity index (χ3n) is 3.25. The second kappa shape index (κ2) is 4.82. The lowest BCUT2D eigenvalue weighted by molar-refractivity contribution is -0.143. The SMILES string of the molecule is O=C(NC(C(=O)O)C1CC1)C1CCOCC1. The molecule has 1 aliphatic heterocycles. The van der Waals surface area contributed by atoms with Gasteiger partial charge in [0.25, 0.3) is 0 Å². The van der Waals surface area contributed by atoms with Crippen LogP contribution in [0.15, 0.2) is 0 Å². The van der Waals surface area contributed by atoms with Crippen molar-refractivity contribution >= 4 is 11.9 Å². The van der Waals surface area contributed by atoms with E-state index in [2.05, 4.69) is 5.32 Å². The molecule has 1 aliphatic carbocycles. The van der Waals surface area contributed by atoms with Crippen LogP contribution in [0.2, 0.25) is 0 Å². The molecule has 1 saturated heterocycles. The number of carbonyl (C=O) groups excluding carboxylic acids is 1. The highest BCUT2D eigenvalue weighted by Crippen LogP contribution is 2.33. The standard InChI is InChI=1S/C11H17NO4/c13-10(8-3-5-16-6-4-8)12-9(11(14)15)7-1-2-7/h7-9H,1-6H2,(H,12,13)(H,14,15). The van der Waals surface area contributed by atoms with E-state index in [1.165, 1.54) is 0 Å². The molecule has 0 aromatic heterocycles. The van der Waals surface area contributed by atoms with E-state index >= 15 is 0 Å². The van der Waals surface area contributed by atoms with Crippen LogP contribution in [0, 0.1) is 11.8 Å². The molecule has 1 heterocycles. The molecule has 2 fully saturated rings. The molecule has 0 aromatic carbocycles. The van der Waals surface area contributed by atoms with Gasteiger partial charge in [-0.25, -0.2) is 4.79 Å². The number of nitrogens with one attached hydrogen (secondary N) is 1. The fourth-order valence-corrected chi connectivity index (χ4v) is 2.04. The highest BCUT2D eigenvalue weighted by atomic mass is 16.5. The van der Waals surface area contributed by atoms with E-state index in [9.17, 15) is 9.59 Å². The first kappa shape index (κ1) is 11.4. The Kier molecular flexibility index (Phi) is 3.43. The van der Waals surface area contributed by atoms with Gasteiger partial charge in [0.1, 0.15) is 6.04 Å². The second-order valence-corrected chi connectivity index (χ2v) is 4.55. The van der Waals surface area contributed by atoms with Gasteiger partial charge >= 0.3 is 5.97 Å². The number of hydrogen-bond acceptors (Lipinski definition) is 3. The largest absolute Gasteiger partial charge is 0.480 e. The van der Waals surface area contributed by atoms with Crippen LogP contribution in [0.1, 0.15) is 25.7 Å². The molecule has 2 N–H and O–H groups in total. The quantitative estimate of drug-likeness (QED) is 0.728. The summed E-state index contributed by atoms with van der Waals surface area (Å²) in [4.78, 5) is 22.8. The van der Waals surface area contributed by atoms with Gasteiger partial charge in [-0.05, 0) is 31.6 Å². The Labute approximate surface area is 94.2 Å². The van der Waals surface area contributed by atoms with Gasteiger partial charge in [-0.3, -0.25) is 4.79 Å². The first-order valence-corrected chi connectivity index (χ1v) is 5.79. The molecule has 0 radical (unpaired) electrons. The van der Waals surface area contributed by atoms with Crippen molar-refractivity contribution in [2.45, 2.75) is 31.7 Å². The molecule has 5 heteroatoms. The van der Waals surface area contributed by atoms with Crippen LogP contribution in [0.5, 0.6) is 0 Å². The number of aliphatic carboxylic acids is 1. The third kappa shape index (κ3) is 2.72. The predicted octanol–water partition coefficient (Wildman–Crippen LogP) is 0.392. The maximum atomic E-state index is 11.8. The van der Waals surface area contributed by atoms with Crippen LogP contribution < -0.4 is 5.32 Å². The Balaban J connectivity index is 1.86. The highest BCUT2D eigenvalue weighted by molar-refractivity contribution is 5.85. The zero-order chi connectivity index (χ0) is 11.5. The second-order valence-electron chi connectivity index (χ2n) is 4.55. The van der Waals surface area contributed by atoms with E-state index < -0.39 is 12.0 Å². The van der Waals surface area contributed by atoms with Gasteiger partial charge in [0.15, 0.2) is 0 Å². The van der Waals surface area contributed by atoms with Gasteiger partial charge in [0.05, 0.1) is 0 Å². The number of carboxylic acid groups (broad SMARTS) is 1. The molecule has 0 aromatic rings.